The van der Waals surface area contributed by atoms with Gasteiger partial charge in [0.2, 0.25) is 10.0 Å². The van der Waals surface area contributed by atoms with Crippen molar-refractivity contribution in [3.63, 3.8) is 0 Å². The van der Waals surface area contributed by atoms with E-state index in [9.17, 15) is 8.42 Å². The lowest BCUT2D eigenvalue weighted by molar-refractivity contribution is 0.327. The van der Waals surface area contributed by atoms with Crippen LogP contribution in [0.25, 0.3) is 10.9 Å². The molecule has 0 saturated heterocycles. The van der Waals surface area contributed by atoms with Gasteiger partial charge in [0.1, 0.15) is 0 Å². The quantitative estimate of drug-likeness (QED) is 0.893. The molecule has 1 heterocycles. The molecule has 0 spiro atoms. The third-order valence-corrected chi connectivity index (χ3v) is 5.30. The van der Waals surface area contributed by atoms with E-state index in [0.717, 1.165) is 11.1 Å². The molecule has 0 atom stereocenters. The molecule has 3 rings (SSSR count). The molecule has 3 N–H and O–H groups in total. The molecule has 6 heteroatoms. The van der Waals surface area contributed by atoms with Gasteiger partial charge in [-0.3, -0.25) is 4.98 Å². The maximum absolute atomic E-state index is 12.5. The average molecular weight is 291 g/mol. The van der Waals surface area contributed by atoms with Crippen LogP contribution in [-0.4, -0.2) is 25.5 Å². The summed E-state index contributed by atoms with van der Waals surface area (Å²) in [4.78, 5) is 4.55. The Labute approximate surface area is 118 Å². The standard InChI is InChI=1S/C14H17N3O2S/c1-9-4-5-13(12-3-2-6-16-14(9)12)20(18,19)17-11-7-10(15)8-11/h2-6,10-11,17H,7-8,15H2,1H3. The molecule has 5 nitrogen and oxygen atoms in total. The number of pyridine rings is 1. The molecular formula is C14H17N3O2S. The van der Waals surface area contributed by atoms with Crippen LogP contribution in [0.4, 0.5) is 0 Å². The van der Waals surface area contributed by atoms with Gasteiger partial charge in [0.25, 0.3) is 0 Å². The fraction of sp³-hybridized carbons (Fsp3) is 0.357. The summed E-state index contributed by atoms with van der Waals surface area (Å²) >= 11 is 0. The SMILES string of the molecule is Cc1ccc(S(=O)(=O)NC2CC(N)C2)c2cccnc12. The molecule has 0 radical (unpaired) electrons. The molecule has 106 valence electrons. The molecule has 1 saturated carbocycles. The number of hydrogen-bond donors (Lipinski definition) is 2. The van der Waals surface area contributed by atoms with E-state index in [1.54, 1.807) is 30.5 Å². The van der Waals surface area contributed by atoms with E-state index in [2.05, 4.69) is 9.71 Å². The van der Waals surface area contributed by atoms with Crippen molar-refractivity contribution in [3.05, 3.63) is 36.0 Å². The molecule has 1 fully saturated rings. The van der Waals surface area contributed by atoms with Crippen molar-refractivity contribution in [1.29, 1.82) is 0 Å². The summed E-state index contributed by atoms with van der Waals surface area (Å²) in [7, 11) is -3.53. The molecule has 2 aromatic rings. The Hall–Kier alpha value is -1.50. The number of rotatable bonds is 3. The smallest absolute Gasteiger partial charge is 0.241 e. The van der Waals surface area contributed by atoms with Gasteiger partial charge in [0.15, 0.2) is 0 Å². The highest BCUT2D eigenvalue weighted by Gasteiger charge is 2.31. The highest BCUT2D eigenvalue weighted by atomic mass is 32.2. The third kappa shape index (κ3) is 2.30. The van der Waals surface area contributed by atoms with Gasteiger partial charge < -0.3 is 5.73 Å². The third-order valence-electron chi connectivity index (χ3n) is 3.72. The Bertz CT molecular complexity index is 752. The molecule has 1 aromatic heterocycles. The van der Waals surface area contributed by atoms with E-state index in [1.807, 2.05) is 6.92 Å². The van der Waals surface area contributed by atoms with Crippen molar-refractivity contribution in [3.8, 4) is 0 Å². The van der Waals surface area contributed by atoms with Gasteiger partial charge in [-0.2, -0.15) is 0 Å². The first-order valence-electron chi connectivity index (χ1n) is 6.59. The van der Waals surface area contributed by atoms with E-state index >= 15 is 0 Å². The number of aromatic nitrogens is 1. The highest BCUT2D eigenvalue weighted by Crippen LogP contribution is 2.26. The molecule has 1 aliphatic carbocycles. The highest BCUT2D eigenvalue weighted by molar-refractivity contribution is 7.89. The van der Waals surface area contributed by atoms with Gasteiger partial charge in [-0.1, -0.05) is 6.07 Å². The molecular weight excluding hydrogens is 274 g/mol. The zero-order chi connectivity index (χ0) is 14.3. The summed E-state index contributed by atoms with van der Waals surface area (Å²) in [5, 5.41) is 0.656. The monoisotopic (exact) mass is 291 g/mol. The first-order chi connectivity index (χ1) is 9.47. The second-order valence-electron chi connectivity index (χ2n) is 5.33. The zero-order valence-corrected chi connectivity index (χ0v) is 12.0. The van der Waals surface area contributed by atoms with Gasteiger partial charge in [-0.25, -0.2) is 13.1 Å². The lowest BCUT2D eigenvalue weighted by atomic mass is 9.89. The first kappa shape index (κ1) is 13.5. The van der Waals surface area contributed by atoms with E-state index in [-0.39, 0.29) is 17.0 Å². The van der Waals surface area contributed by atoms with Crippen LogP contribution in [0.1, 0.15) is 18.4 Å². The van der Waals surface area contributed by atoms with Crippen molar-refractivity contribution >= 4 is 20.9 Å². The summed E-state index contributed by atoms with van der Waals surface area (Å²) in [5.41, 5.74) is 7.38. The maximum Gasteiger partial charge on any atom is 0.241 e. The Morgan fingerprint density at radius 1 is 1.30 bits per heavy atom. The van der Waals surface area contributed by atoms with Gasteiger partial charge in [-0.05, 0) is 43.5 Å². The van der Waals surface area contributed by atoms with Crippen LogP contribution in [-0.2, 0) is 10.0 Å². The predicted molar refractivity (Wildman–Crippen MR) is 77.8 cm³/mol. The Balaban J connectivity index is 2.03. The molecule has 0 amide bonds. The number of hydrogen-bond acceptors (Lipinski definition) is 4. The number of aryl methyl sites for hydroxylation is 1. The summed E-state index contributed by atoms with van der Waals surface area (Å²) < 4.78 is 27.7. The topological polar surface area (TPSA) is 85.1 Å². The van der Waals surface area contributed by atoms with Crippen LogP contribution in [0.3, 0.4) is 0 Å². The Morgan fingerprint density at radius 3 is 2.75 bits per heavy atom. The number of benzene rings is 1. The summed E-state index contributed by atoms with van der Waals surface area (Å²) in [6.07, 6.45) is 3.06. The number of fused-ring (bicyclic) bond motifs is 1. The van der Waals surface area contributed by atoms with Crippen LogP contribution < -0.4 is 10.5 Å². The normalized spacial score (nSPS) is 22.7. The van der Waals surface area contributed by atoms with Crippen molar-refractivity contribution in [1.82, 2.24) is 9.71 Å². The maximum atomic E-state index is 12.5. The minimum Gasteiger partial charge on any atom is -0.328 e. The fourth-order valence-corrected chi connectivity index (χ4v) is 4.02. The zero-order valence-electron chi connectivity index (χ0n) is 11.2. The molecule has 1 aliphatic rings. The minimum atomic E-state index is -3.53. The fourth-order valence-electron chi connectivity index (χ4n) is 2.56. The molecule has 1 aromatic carbocycles. The van der Waals surface area contributed by atoms with E-state index in [1.165, 1.54) is 0 Å². The van der Waals surface area contributed by atoms with Crippen LogP contribution >= 0.6 is 0 Å². The van der Waals surface area contributed by atoms with Crippen LogP contribution in [0.5, 0.6) is 0 Å². The van der Waals surface area contributed by atoms with E-state index in [4.69, 9.17) is 5.73 Å². The van der Waals surface area contributed by atoms with Gasteiger partial charge >= 0.3 is 0 Å². The van der Waals surface area contributed by atoms with Crippen molar-refractivity contribution in [2.75, 3.05) is 0 Å². The lowest BCUT2D eigenvalue weighted by Crippen LogP contribution is -2.50. The van der Waals surface area contributed by atoms with Gasteiger partial charge in [0, 0.05) is 23.7 Å². The minimum absolute atomic E-state index is 0.0528. The second-order valence-corrected chi connectivity index (χ2v) is 7.01. The lowest BCUT2D eigenvalue weighted by Gasteiger charge is -2.32. The number of sulfonamides is 1. The summed E-state index contributed by atoms with van der Waals surface area (Å²) in [6.45, 7) is 1.92. The van der Waals surface area contributed by atoms with Gasteiger partial charge in [-0.15, -0.1) is 0 Å². The number of nitrogens with one attached hydrogen (secondary N) is 1. The number of nitrogens with two attached hydrogens (primary N) is 1. The van der Waals surface area contributed by atoms with E-state index in [0.29, 0.717) is 18.2 Å². The second kappa shape index (κ2) is 4.80. The Kier molecular flexibility index (Phi) is 3.24. The van der Waals surface area contributed by atoms with Crippen molar-refractivity contribution in [2.24, 2.45) is 5.73 Å². The van der Waals surface area contributed by atoms with Gasteiger partial charge in [0.05, 0.1) is 10.4 Å². The van der Waals surface area contributed by atoms with Crippen molar-refractivity contribution < 1.29 is 8.42 Å². The van der Waals surface area contributed by atoms with Crippen molar-refractivity contribution in [2.45, 2.75) is 36.7 Å². The Morgan fingerprint density at radius 2 is 2.05 bits per heavy atom. The molecule has 0 unspecified atom stereocenters. The van der Waals surface area contributed by atoms with Crippen LogP contribution in [0.2, 0.25) is 0 Å². The van der Waals surface area contributed by atoms with Crippen LogP contribution in [0, 0.1) is 6.92 Å². The molecule has 20 heavy (non-hydrogen) atoms. The number of nitrogens with zero attached hydrogens (tertiary/aromatic N) is 1. The predicted octanol–water partition coefficient (Wildman–Crippen LogP) is 1.31. The van der Waals surface area contributed by atoms with Crippen LogP contribution in [0.15, 0.2) is 35.4 Å². The molecule has 0 bridgehead atoms. The largest absolute Gasteiger partial charge is 0.328 e. The first-order valence-corrected chi connectivity index (χ1v) is 8.08. The molecule has 0 aliphatic heterocycles. The summed E-state index contributed by atoms with van der Waals surface area (Å²) in [6, 6.07) is 7.02. The van der Waals surface area contributed by atoms with E-state index < -0.39 is 10.0 Å². The average Bonchev–Trinajstić information content (AvgIpc) is 2.37. The summed E-state index contributed by atoms with van der Waals surface area (Å²) in [5.74, 6) is 0.